The first-order valence-electron chi connectivity index (χ1n) is 7.72. The summed E-state index contributed by atoms with van der Waals surface area (Å²) in [4.78, 5) is 30.6. The zero-order chi connectivity index (χ0) is 18.5. The van der Waals surface area contributed by atoms with Gasteiger partial charge in [-0.3, -0.25) is 14.5 Å². The van der Waals surface area contributed by atoms with Gasteiger partial charge in [0.25, 0.3) is 5.91 Å². The summed E-state index contributed by atoms with van der Waals surface area (Å²) in [6, 6.07) is 9.78. The van der Waals surface area contributed by atoms with E-state index in [4.69, 9.17) is 12.2 Å². The number of nitrogens with zero attached hydrogens (tertiary/aromatic N) is 2. The monoisotopic (exact) mass is 401 g/mol. The maximum absolute atomic E-state index is 12.5. The lowest BCUT2D eigenvalue weighted by Crippen LogP contribution is -2.36. The second-order valence-electron chi connectivity index (χ2n) is 5.40. The van der Waals surface area contributed by atoms with Crippen LogP contribution in [0, 0.1) is 6.92 Å². The Morgan fingerprint density at radius 1 is 1.35 bits per heavy atom. The molecule has 132 valence electrons. The van der Waals surface area contributed by atoms with Crippen molar-refractivity contribution in [2.24, 2.45) is 0 Å². The third-order valence-corrected chi connectivity index (χ3v) is 5.65. The molecule has 1 saturated heterocycles. The highest BCUT2D eigenvalue weighted by atomic mass is 32.2. The van der Waals surface area contributed by atoms with Crippen molar-refractivity contribution in [2.75, 3.05) is 11.9 Å². The molecule has 2 aromatic rings. The van der Waals surface area contributed by atoms with Gasteiger partial charge in [0.15, 0.2) is 5.13 Å². The lowest BCUT2D eigenvalue weighted by Gasteiger charge is -2.13. The molecule has 0 radical (unpaired) electrons. The van der Waals surface area contributed by atoms with Crippen molar-refractivity contribution in [3.63, 3.8) is 0 Å². The average molecular weight is 402 g/mol. The number of aromatic nitrogens is 1. The van der Waals surface area contributed by atoms with Gasteiger partial charge in [0.05, 0.1) is 10.6 Å². The minimum atomic E-state index is -0.322. The molecular formula is C18H15N3O2S3. The summed E-state index contributed by atoms with van der Waals surface area (Å²) >= 11 is 7.77. The predicted octanol–water partition coefficient (Wildman–Crippen LogP) is 3.85. The number of thiocarbonyl (C=S) groups is 1. The van der Waals surface area contributed by atoms with Gasteiger partial charge < -0.3 is 5.32 Å². The van der Waals surface area contributed by atoms with Crippen LogP contribution >= 0.6 is 35.3 Å². The number of allylic oxidation sites excluding steroid dienone is 2. The first-order valence-corrected chi connectivity index (χ1v) is 9.82. The Morgan fingerprint density at radius 2 is 2.12 bits per heavy atom. The lowest BCUT2D eigenvalue weighted by atomic mass is 10.2. The molecule has 0 aliphatic carbocycles. The Morgan fingerprint density at radius 3 is 2.81 bits per heavy atom. The molecule has 1 aliphatic rings. The predicted molar refractivity (Wildman–Crippen MR) is 111 cm³/mol. The van der Waals surface area contributed by atoms with Crippen molar-refractivity contribution in [2.45, 2.75) is 6.92 Å². The molecule has 1 aromatic heterocycles. The zero-order valence-electron chi connectivity index (χ0n) is 13.8. The number of carbonyl (C=O) groups is 2. The van der Waals surface area contributed by atoms with Crippen LogP contribution in [0.1, 0.15) is 11.3 Å². The topological polar surface area (TPSA) is 62.3 Å². The Hall–Kier alpha value is -2.29. The molecule has 3 rings (SSSR count). The number of hydrogen-bond acceptors (Lipinski definition) is 6. The largest absolute Gasteiger partial charge is 0.300 e. The van der Waals surface area contributed by atoms with E-state index in [-0.39, 0.29) is 18.4 Å². The fourth-order valence-corrected chi connectivity index (χ4v) is 4.09. The van der Waals surface area contributed by atoms with E-state index in [0.29, 0.717) is 14.4 Å². The Bertz CT molecular complexity index is 903. The van der Waals surface area contributed by atoms with Gasteiger partial charge in [0, 0.05) is 5.38 Å². The van der Waals surface area contributed by atoms with Crippen molar-refractivity contribution in [1.29, 1.82) is 0 Å². The molecule has 0 bridgehead atoms. The molecule has 5 nitrogen and oxygen atoms in total. The molecular weight excluding hydrogens is 386 g/mol. The molecule has 0 unspecified atom stereocenters. The smallest absolute Gasteiger partial charge is 0.266 e. The lowest BCUT2D eigenvalue weighted by molar-refractivity contribution is -0.126. The molecule has 1 aromatic carbocycles. The minimum Gasteiger partial charge on any atom is -0.300 e. The quantitative estimate of drug-likeness (QED) is 0.609. The van der Waals surface area contributed by atoms with E-state index in [1.54, 1.807) is 12.2 Å². The van der Waals surface area contributed by atoms with Gasteiger partial charge in [-0.05, 0) is 18.6 Å². The van der Waals surface area contributed by atoms with E-state index in [0.717, 1.165) is 11.3 Å². The molecule has 0 atom stereocenters. The van der Waals surface area contributed by atoms with E-state index in [1.807, 2.05) is 48.7 Å². The highest BCUT2D eigenvalue weighted by molar-refractivity contribution is 8.26. The third-order valence-electron chi connectivity index (χ3n) is 3.38. The van der Waals surface area contributed by atoms with Gasteiger partial charge in [-0.1, -0.05) is 66.5 Å². The molecule has 1 fully saturated rings. The van der Waals surface area contributed by atoms with Crippen LogP contribution in [0.3, 0.4) is 0 Å². The van der Waals surface area contributed by atoms with Crippen LogP contribution in [0.25, 0.3) is 6.08 Å². The molecule has 2 heterocycles. The Labute approximate surface area is 164 Å². The first kappa shape index (κ1) is 18.5. The molecule has 2 amide bonds. The van der Waals surface area contributed by atoms with Crippen molar-refractivity contribution < 1.29 is 9.59 Å². The normalized spacial score (nSPS) is 16.0. The third kappa shape index (κ3) is 4.66. The Balaban J connectivity index is 1.62. The fraction of sp³-hybridized carbons (Fsp3) is 0.111. The van der Waals surface area contributed by atoms with Gasteiger partial charge in [-0.15, -0.1) is 11.3 Å². The number of carbonyl (C=O) groups excluding carboxylic acids is 2. The maximum Gasteiger partial charge on any atom is 0.266 e. The fourth-order valence-electron chi connectivity index (χ4n) is 2.17. The Kier molecular flexibility index (Phi) is 5.97. The van der Waals surface area contributed by atoms with E-state index < -0.39 is 0 Å². The standard InChI is InChI=1S/C18H15N3O2S3/c1-12-11-25-17(19-12)20-15(22)10-21-16(23)14(26-18(21)24)9-5-8-13-6-3-2-4-7-13/h2-9,11H,10H2,1H3,(H,19,20,22). The van der Waals surface area contributed by atoms with Crippen LogP contribution in [-0.4, -0.2) is 32.6 Å². The van der Waals surface area contributed by atoms with Crippen molar-refractivity contribution in [3.05, 3.63) is 64.0 Å². The summed E-state index contributed by atoms with van der Waals surface area (Å²) in [6.07, 6.45) is 5.43. The summed E-state index contributed by atoms with van der Waals surface area (Å²) in [6.45, 7) is 1.73. The van der Waals surface area contributed by atoms with Crippen molar-refractivity contribution in [1.82, 2.24) is 9.88 Å². The first-order chi connectivity index (χ1) is 12.5. The summed E-state index contributed by atoms with van der Waals surface area (Å²) in [5, 5.41) is 5.04. The van der Waals surface area contributed by atoms with Gasteiger partial charge in [0.1, 0.15) is 10.9 Å². The number of thioether (sulfide) groups is 1. The minimum absolute atomic E-state index is 0.122. The van der Waals surface area contributed by atoms with Crippen molar-refractivity contribution in [3.8, 4) is 0 Å². The molecule has 0 saturated carbocycles. The van der Waals surface area contributed by atoms with Crippen LogP contribution < -0.4 is 5.32 Å². The summed E-state index contributed by atoms with van der Waals surface area (Å²) in [5.41, 5.74) is 1.88. The second-order valence-corrected chi connectivity index (χ2v) is 7.94. The summed E-state index contributed by atoms with van der Waals surface area (Å²) < 4.78 is 0.375. The summed E-state index contributed by atoms with van der Waals surface area (Å²) in [7, 11) is 0. The number of thiazole rings is 1. The number of hydrogen-bond donors (Lipinski definition) is 1. The number of aryl methyl sites for hydroxylation is 1. The molecule has 0 spiro atoms. The van der Waals surface area contributed by atoms with Crippen LogP contribution in [0.4, 0.5) is 5.13 Å². The van der Waals surface area contributed by atoms with Gasteiger partial charge >= 0.3 is 0 Å². The van der Waals surface area contributed by atoms with E-state index in [2.05, 4.69) is 10.3 Å². The highest BCUT2D eigenvalue weighted by Crippen LogP contribution is 2.31. The van der Waals surface area contributed by atoms with Crippen molar-refractivity contribution >= 4 is 62.7 Å². The maximum atomic E-state index is 12.5. The number of anilines is 1. The van der Waals surface area contributed by atoms with Crippen LogP contribution in [-0.2, 0) is 9.59 Å². The molecule has 1 aliphatic heterocycles. The number of rotatable bonds is 5. The van der Waals surface area contributed by atoms with E-state index in [1.165, 1.54) is 28.0 Å². The number of amides is 2. The van der Waals surface area contributed by atoms with Gasteiger partial charge in [-0.2, -0.15) is 0 Å². The molecule has 26 heavy (non-hydrogen) atoms. The summed E-state index contributed by atoms with van der Waals surface area (Å²) in [5.74, 6) is -0.583. The second kappa shape index (κ2) is 8.39. The van der Waals surface area contributed by atoms with E-state index in [9.17, 15) is 9.59 Å². The highest BCUT2D eigenvalue weighted by Gasteiger charge is 2.33. The van der Waals surface area contributed by atoms with E-state index >= 15 is 0 Å². The van der Waals surface area contributed by atoms with Gasteiger partial charge in [0.2, 0.25) is 5.91 Å². The van der Waals surface area contributed by atoms with Crippen LogP contribution in [0.15, 0.2) is 52.8 Å². The average Bonchev–Trinajstić information content (AvgIpc) is 3.14. The SMILES string of the molecule is Cc1csc(NC(=O)CN2C(=O)C(=CC=Cc3ccccc3)SC2=S)n1. The van der Waals surface area contributed by atoms with Gasteiger partial charge in [-0.25, -0.2) is 4.98 Å². The molecule has 8 heteroatoms. The molecule has 1 N–H and O–H groups in total. The van der Waals surface area contributed by atoms with Crippen LogP contribution in [0.2, 0.25) is 0 Å². The number of nitrogens with one attached hydrogen (secondary N) is 1. The van der Waals surface area contributed by atoms with Crippen LogP contribution in [0.5, 0.6) is 0 Å². The zero-order valence-corrected chi connectivity index (χ0v) is 16.3. The number of benzene rings is 1.